The number of halogens is 1. The molecule has 2 aromatic carbocycles. The van der Waals surface area contributed by atoms with Gasteiger partial charge in [-0.25, -0.2) is 0 Å². The molecule has 88 valence electrons. The zero-order chi connectivity index (χ0) is 12.4. The van der Waals surface area contributed by atoms with E-state index >= 15 is 0 Å². The molecular weight excluding hydrogens is 228 g/mol. The maximum atomic E-state index is 6.53. The minimum Gasteiger partial charge on any atom is -0.113 e. The van der Waals surface area contributed by atoms with Crippen molar-refractivity contribution in [2.75, 3.05) is 0 Å². The Morgan fingerprint density at radius 2 is 1.53 bits per heavy atom. The molecule has 0 nitrogen and oxygen atoms in total. The van der Waals surface area contributed by atoms with Gasteiger partial charge in [-0.3, -0.25) is 0 Å². The summed E-state index contributed by atoms with van der Waals surface area (Å²) in [4.78, 5) is 0. The zero-order valence-electron chi connectivity index (χ0n) is 10.5. The Kier molecular flexibility index (Phi) is 3.54. The van der Waals surface area contributed by atoms with Gasteiger partial charge in [0.25, 0.3) is 0 Å². The van der Waals surface area contributed by atoms with Crippen LogP contribution in [0.15, 0.2) is 42.5 Å². The van der Waals surface area contributed by atoms with Crippen LogP contribution in [0.3, 0.4) is 0 Å². The Balaban J connectivity index is 2.36. The van der Waals surface area contributed by atoms with Crippen LogP contribution >= 0.6 is 11.6 Å². The van der Waals surface area contributed by atoms with Crippen LogP contribution < -0.4 is 0 Å². The molecule has 1 heteroatoms. The fraction of sp³-hybridized carbons (Fsp3) is 0.250. The molecule has 0 N–H and O–H groups in total. The lowest BCUT2D eigenvalue weighted by atomic mass is 9.99. The topological polar surface area (TPSA) is 0 Å². The molecule has 0 bridgehead atoms. The Labute approximate surface area is 108 Å². The van der Waals surface area contributed by atoms with Crippen LogP contribution in [-0.2, 0) is 0 Å². The number of hydrogen-bond donors (Lipinski definition) is 0. The van der Waals surface area contributed by atoms with Crippen molar-refractivity contribution in [1.29, 1.82) is 0 Å². The highest BCUT2D eigenvalue weighted by Crippen LogP contribution is 2.30. The first-order valence-electron chi connectivity index (χ1n) is 5.85. The van der Waals surface area contributed by atoms with Crippen LogP contribution in [-0.4, -0.2) is 0 Å². The highest BCUT2D eigenvalue weighted by molar-refractivity contribution is 6.22. The lowest BCUT2D eigenvalue weighted by Gasteiger charge is -2.12. The lowest BCUT2D eigenvalue weighted by Crippen LogP contribution is -1.95. The number of benzene rings is 2. The molecule has 0 aliphatic carbocycles. The molecule has 0 spiro atoms. The minimum absolute atomic E-state index is 0.0609. The van der Waals surface area contributed by atoms with E-state index in [2.05, 4.69) is 63.2 Å². The van der Waals surface area contributed by atoms with Gasteiger partial charge in [-0.15, -0.1) is 11.6 Å². The predicted molar refractivity (Wildman–Crippen MR) is 74.8 cm³/mol. The monoisotopic (exact) mass is 244 g/mol. The van der Waals surface area contributed by atoms with Crippen LogP contribution in [0, 0.1) is 20.8 Å². The fourth-order valence-electron chi connectivity index (χ4n) is 1.94. The molecule has 0 radical (unpaired) electrons. The third kappa shape index (κ3) is 2.70. The van der Waals surface area contributed by atoms with E-state index in [0.29, 0.717) is 0 Å². The summed E-state index contributed by atoms with van der Waals surface area (Å²) >= 11 is 6.53. The van der Waals surface area contributed by atoms with Crippen LogP contribution in [0.5, 0.6) is 0 Å². The van der Waals surface area contributed by atoms with Crippen molar-refractivity contribution >= 4 is 11.6 Å². The van der Waals surface area contributed by atoms with Crippen molar-refractivity contribution in [2.45, 2.75) is 26.1 Å². The van der Waals surface area contributed by atoms with Gasteiger partial charge in [0.15, 0.2) is 0 Å². The fourth-order valence-corrected chi connectivity index (χ4v) is 2.21. The summed E-state index contributed by atoms with van der Waals surface area (Å²) in [5.74, 6) is 0. The second-order valence-electron chi connectivity index (χ2n) is 4.62. The molecule has 0 heterocycles. The van der Waals surface area contributed by atoms with Crippen LogP contribution in [0.1, 0.15) is 33.2 Å². The first-order chi connectivity index (χ1) is 8.08. The van der Waals surface area contributed by atoms with Gasteiger partial charge in [0.2, 0.25) is 0 Å². The number of rotatable bonds is 2. The summed E-state index contributed by atoms with van der Waals surface area (Å²) in [6.07, 6.45) is 0. The maximum absolute atomic E-state index is 6.53. The molecule has 0 aromatic heterocycles. The van der Waals surface area contributed by atoms with E-state index in [0.717, 1.165) is 5.56 Å². The number of aryl methyl sites for hydroxylation is 3. The molecule has 0 aliphatic heterocycles. The average molecular weight is 245 g/mol. The highest BCUT2D eigenvalue weighted by atomic mass is 35.5. The van der Waals surface area contributed by atoms with E-state index in [1.165, 1.54) is 22.3 Å². The standard InChI is InChI=1S/C16H17Cl/c1-11-5-4-6-14(9-11)16(17)15-8-7-12(2)13(3)10-15/h4-10,16H,1-3H3. The van der Waals surface area contributed by atoms with Crippen molar-refractivity contribution in [3.8, 4) is 0 Å². The largest absolute Gasteiger partial charge is 0.113 e. The van der Waals surface area contributed by atoms with E-state index in [9.17, 15) is 0 Å². The van der Waals surface area contributed by atoms with Gasteiger partial charge in [-0.05, 0) is 43.0 Å². The summed E-state index contributed by atoms with van der Waals surface area (Å²) in [6.45, 7) is 6.33. The van der Waals surface area contributed by atoms with E-state index in [1.54, 1.807) is 0 Å². The molecule has 0 saturated heterocycles. The molecule has 17 heavy (non-hydrogen) atoms. The summed E-state index contributed by atoms with van der Waals surface area (Å²) in [7, 11) is 0. The number of hydrogen-bond acceptors (Lipinski definition) is 0. The van der Waals surface area contributed by atoms with Crippen molar-refractivity contribution in [3.63, 3.8) is 0 Å². The van der Waals surface area contributed by atoms with Crippen molar-refractivity contribution in [1.82, 2.24) is 0 Å². The summed E-state index contributed by atoms with van der Waals surface area (Å²) in [5.41, 5.74) is 6.18. The molecular formula is C16H17Cl. The van der Waals surface area contributed by atoms with Gasteiger partial charge in [0.05, 0.1) is 5.38 Å². The summed E-state index contributed by atoms with van der Waals surface area (Å²) < 4.78 is 0. The Morgan fingerprint density at radius 3 is 2.18 bits per heavy atom. The Bertz CT molecular complexity index is 529. The maximum Gasteiger partial charge on any atom is 0.0835 e. The van der Waals surface area contributed by atoms with Crippen molar-refractivity contribution < 1.29 is 0 Å². The van der Waals surface area contributed by atoms with Crippen LogP contribution in [0.2, 0.25) is 0 Å². The van der Waals surface area contributed by atoms with Gasteiger partial charge in [-0.2, -0.15) is 0 Å². The van der Waals surface area contributed by atoms with E-state index in [-0.39, 0.29) is 5.38 Å². The predicted octanol–water partition coefficient (Wildman–Crippen LogP) is 4.94. The van der Waals surface area contributed by atoms with Gasteiger partial charge in [0, 0.05) is 0 Å². The molecule has 1 unspecified atom stereocenters. The van der Waals surface area contributed by atoms with Crippen molar-refractivity contribution in [2.24, 2.45) is 0 Å². The van der Waals surface area contributed by atoms with Gasteiger partial charge < -0.3 is 0 Å². The van der Waals surface area contributed by atoms with E-state index < -0.39 is 0 Å². The number of alkyl halides is 1. The van der Waals surface area contributed by atoms with E-state index in [4.69, 9.17) is 11.6 Å². The smallest absolute Gasteiger partial charge is 0.0835 e. The van der Waals surface area contributed by atoms with Crippen LogP contribution in [0.25, 0.3) is 0 Å². The quantitative estimate of drug-likeness (QED) is 0.657. The minimum atomic E-state index is -0.0609. The second kappa shape index (κ2) is 4.93. The Morgan fingerprint density at radius 1 is 0.824 bits per heavy atom. The summed E-state index contributed by atoms with van der Waals surface area (Å²) in [6, 6.07) is 14.8. The Hall–Kier alpha value is -1.27. The van der Waals surface area contributed by atoms with Crippen molar-refractivity contribution in [3.05, 3.63) is 70.3 Å². The normalized spacial score (nSPS) is 12.5. The third-order valence-corrected chi connectivity index (χ3v) is 3.66. The van der Waals surface area contributed by atoms with E-state index in [1.807, 2.05) is 0 Å². The molecule has 0 saturated carbocycles. The second-order valence-corrected chi connectivity index (χ2v) is 5.06. The molecule has 0 amide bonds. The van der Waals surface area contributed by atoms with Gasteiger partial charge in [-0.1, -0.05) is 48.0 Å². The first kappa shape index (κ1) is 12.2. The highest BCUT2D eigenvalue weighted by Gasteiger charge is 2.11. The zero-order valence-corrected chi connectivity index (χ0v) is 11.3. The third-order valence-electron chi connectivity index (χ3n) is 3.16. The SMILES string of the molecule is Cc1cccc(C(Cl)c2ccc(C)c(C)c2)c1. The van der Waals surface area contributed by atoms with Crippen LogP contribution in [0.4, 0.5) is 0 Å². The molecule has 0 fully saturated rings. The molecule has 2 aromatic rings. The summed E-state index contributed by atoms with van der Waals surface area (Å²) in [5, 5.41) is -0.0609. The average Bonchev–Trinajstić information content (AvgIpc) is 2.32. The van der Waals surface area contributed by atoms with Gasteiger partial charge in [0.1, 0.15) is 0 Å². The molecule has 1 atom stereocenters. The first-order valence-corrected chi connectivity index (χ1v) is 6.29. The lowest BCUT2D eigenvalue weighted by molar-refractivity contribution is 1.12. The van der Waals surface area contributed by atoms with Gasteiger partial charge >= 0.3 is 0 Å². The molecule has 0 aliphatic rings. The molecule has 2 rings (SSSR count).